The summed E-state index contributed by atoms with van der Waals surface area (Å²) in [5.74, 6) is -5.43. The molecule has 0 amide bonds. The molecule has 20 heavy (non-hydrogen) atoms. The lowest BCUT2D eigenvalue weighted by Gasteiger charge is -2.30. The van der Waals surface area contributed by atoms with Gasteiger partial charge >= 0.3 is 11.9 Å². The third-order valence-corrected chi connectivity index (χ3v) is 3.12. The third-order valence-electron chi connectivity index (χ3n) is 2.91. The van der Waals surface area contributed by atoms with Crippen LogP contribution in [0.15, 0.2) is 17.7 Å². The molecule has 7 heteroatoms. The normalized spacial score (nSPS) is 18.1. The fourth-order valence-corrected chi connectivity index (χ4v) is 2.29. The Morgan fingerprint density at radius 1 is 1.50 bits per heavy atom. The number of aliphatic carboxylic acids is 1. The summed E-state index contributed by atoms with van der Waals surface area (Å²) >= 11 is 5.82. The minimum Gasteiger partial charge on any atom is -0.478 e. The maximum Gasteiger partial charge on any atom is 0.335 e. The van der Waals surface area contributed by atoms with Crippen LogP contribution in [-0.2, 0) is 4.79 Å². The molecule has 1 aliphatic heterocycles. The van der Waals surface area contributed by atoms with Crippen LogP contribution in [0.3, 0.4) is 0 Å². The van der Waals surface area contributed by atoms with Crippen LogP contribution in [0.2, 0.25) is 5.02 Å². The van der Waals surface area contributed by atoms with Crippen LogP contribution in [0.25, 0.3) is 6.08 Å². The van der Waals surface area contributed by atoms with E-state index in [1.807, 2.05) is 0 Å². The van der Waals surface area contributed by atoms with Gasteiger partial charge in [0.15, 0.2) is 12.8 Å². The van der Waals surface area contributed by atoms with Crippen LogP contribution < -0.4 is 4.74 Å². The molecule has 0 bridgehead atoms. The second-order valence-corrected chi connectivity index (χ2v) is 4.87. The quantitative estimate of drug-likeness (QED) is 0.930. The monoisotopic (exact) mass is 306 g/mol. The number of hydrogen-bond acceptors (Lipinski definition) is 2. The van der Waals surface area contributed by atoms with Gasteiger partial charge in [0.2, 0.25) is 0 Å². The first-order valence-corrected chi connectivity index (χ1v) is 5.99. The van der Waals surface area contributed by atoms with Gasteiger partial charge in [-0.3, -0.25) is 0 Å². The van der Waals surface area contributed by atoms with E-state index in [-0.39, 0.29) is 11.3 Å². The average Bonchev–Trinajstić information content (AvgIpc) is 2.37. The standard InChI is InChI=1S/C13H10ClF3O3/c1-6-2-8(14)3-7-4-9(12(18)19)11(20-10(6)7)13(16,17)5-15/h2-4,11H,5H2,1H3,(H,18,19). The van der Waals surface area contributed by atoms with Crippen molar-refractivity contribution in [2.45, 2.75) is 19.0 Å². The first kappa shape index (κ1) is 14.7. The molecule has 1 N–H and O–H groups in total. The highest BCUT2D eigenvalue weighted by atomic mass is 35.5. The highest BCUT2D eigenvalue weighted by molar-refractivity contribution is 6.30. The molecule has 0 fully saturated rings. The van der Waals surface area contributed by atoms with Gasteiger partial charge in [0, 0.05) is 10.6 Å². The molecule has 108 valence electrons. The highest BCUT2D eigenvalue weighted by Gasteiger charge is 2.48. The number of benzene rings is 1. The third kappa shape index (κ3) is 2.47. The molecule has 0 aromatic heterocycles. The molecule has 2 rings (SSSR count). The van der Waals surface area contributed by atoms with E-state index in [1.165, 1.54) is 12.1 Å². The molecule has 3 nitrogen and oxygen atoms in total. The lowest BCUT2D eigenvalue weighted by molar-refractivity contribution is -0.139. The lowest BCUT2D eigenvalue weighted by atomic mass is 9.96. The van der Waals surface area contributed by atoms with Crippen molar-refractivity contribution in [2.75, 3.05) is 6.67 Å². The van der Waals surface area contributed by atoms with E-state index >= 15 is 0 Å². The number of rotatable bonds is 3. The zero-order chi connectivity index (χ0) is 15.1. The fraction of sp³-hybridized carbons (Fsp3) is 0.308. The number of fused-ring (bicyclic) bond motifs is 1. The number of carboxylic acids is 1. The Morgan fingerprint density at radius 2 is 2.15 bits per heavy atom. The number of halogens is 4. The van der Waals surface area contributed by atoms with Gasteiger partial charge in [-0.05, 0) is 30.7 Å². The summed E-state index contributed by atoms with van der Waals surface area (Å²) in [6, 6.07) is 2.89. The van der Waals surface area contributed by atoms with Crippen molar-refractivity contribution < 1.29 is 27.8 Å². The number of alkyl halides is 3. The molecule has 1 unspecified atom stereocenters. The highest BCUT2D eigenvalue weighted by Crippen LogP contribution is 2.39. The van der Waals surface area contributed by atoms with E-state index in [0.29, 0.717) is 10.6 Å². The topological polar surface area (TPSA) is 46.5 Å². The maximum atomic E-state index is 13.5. The number of ether oxygens (including phenoxy) is 1. The summed E-state index contributed by atoms with van der Waals surface area (Å²) in [6.07, 6.45) is -1.13. The maximum absolute atomic E-state index is 13.5. The minimum atomic E-state index is -3.92. The van der Waals surface area contributed by atoms with Gasteiger partial charge in [0.1, 0.15) is 5.75 Å². The van der Waals surface area contributed by atoms with Crippen molar-refractivity contribution in [1.82, 2.24) is 0 Å². The molecule has 0 spiro atoms. The summed E-state index contributed by atoms with van der Waals surface area (Å²) in [6.45, 7) is -0.431. The molecule has 0 saturated carbocycles. The number of aryl methyl sites for hydroxylation is 1. The fourth-order valence-electron chi connectivity index (χ4n) is 2.01. The van der Waals surface area contributed by atoms with Gasteiger partial charge < -0.3 is 9.84 Å². The number of hydrogen-bond donors (Lipinski definition) is 1. The van der Waals surface area contributed by atoms with Crippen LogP contribution in [-0.4, -0.2) is 29.8 Å². The molecular formula is C13H10ClF3O3. The largest absolute Gasteiger partial charge is 0.478 e. The second kappa shape index (κ2) is 5.01. The van der Waals surface area contributed by atoms with Crippen LogP contribution >= 0.6 is 11.6 Å². The van der Waals surface area contributed by atoms with E-state index in [9.17, 15) is 18.0 Å². The zero-order valence-electron chi connectivity index (χ0n) is 10.3. The van der Waals surface area contributed by atoms with Crippen LogP contribution in [0.1, 0.15) is 11.1 Å². The Kier molecular flexibility index (Phi) is 3.69. The SMILES string of the molecule is Cc1cc(Cl)cc2c1OC(C(F)(F)CF)C(C(=O)O)=C2. The van der Waals surface area contributed by atoms with Gasteiger partial charge in [-0.1, -0.05) is 11.6 Å². The summed E-state index contributed by atoms with van der Waals surface area (Å²) in [5, 5.41) is 9.32. The minimum absolute atomic E-state index is 0.0810. The van der Waals surface area contributed by atoms with Gasteiger partial charge in [0.05, 0.1) is 5.57 Å². The molecule has 0 radical (unpaired) electrons. The van der Waals surface area contributed by atoms with Crippen molar-refractivity contribution in [3.05, 3.63) is 33.9 Å². The van der Waals surface area contributed by atoms with Gasteiger partial charge in [0.25, 0.3) is 0 Å². The molecule has 1 atom stereocenters. The molecule has 1 heterocycles. The van der Waals surface area contributed by atoms with Gasteiger partial charge in [-0.2, -0.15) is 8.78 Å². The Labute approximate surface area is 117 Å². The molecule has 1 aromatic rings. The van der Waals surface area contributed by atoms with Crippen molar-refractivity contribution >= 4 is 23.6 Å². The molecule has 0 aliphatic carbocycles. The van der Waals surface area contributed by atoms with Crippen LogP contribution in [0.5, 0.6) is 5.75 Å². The Morgan fingerprint density at radius 3 is 2.70 bits per heavy atom. The van der Waals surface area contributed by atoms with Crippen molar-refractivity contribution in [3.8, 4) is 5.75 Å². The van der Waals surface area contributed by atoms with E-state index in [2.05, 4.69) is 0 Å². The van der Waals surface area contributed by atoms with Gasteiger partial charge in [-0.15, -0.1) is 0 Å². The first-order valence-electron chi connectivity index (χ1n) is 5.61. The van der Waals surface area contributed by atoms with Crippen molar-refractivity contribution in [2.24, 2.45) is 0 Å². The molecular weight excluding hydrogens is 297 g/mol. The van der Waals surface area contributed by atoms with Crippen LogP contribution in [0.4, 0.5) is 13.2 Å². The van der Waals surface area contributed by atoms with E-state index in [0.717, 1.165) is 6.08 Å². The second-order valence-electron chi connectivity index (χ2n) is 4.44. The lowest BCUT2D eigenvalue weighted by Crippen LogP contribution is -2.44. The Hall–Kier alpha value is -1.69. The Balaban J connectivity index is 2.59. The smallest absolute Gasteiger partial charge is 0.335 e. The van der Waals surface area contributed by atoms with Gasteiger partial charge in [-0.25, -0.2) is 9.18 Å². The predicted molar refractivity (Wildman–Crippen MR) is 67.1 cm³/mol. The number of carbonyl (C=O) groups is 1. The Bertz CT molecular complexity index is 599. The summed E-state index contributed by atoms with van der Waals surface area (Å²) in [4.78, 5) is 11.1. The van der Waals surface area contributed by atoms with Crippen LogP contribution in [0, 0.1) is 6.92 Å². The predicted octanol–water partition coefficient (Wildman–Crippen LogP) is 3.48. The molecule has 1 aliphatic rings. The summed E-state index contributed by atoms with van der Waals surface area (Å²) in [5.41, 5.74) is 0.0352. The molecule has 1 aromatic carbocycles. The van der Waals surface area contributed by atoms with E-state index < -0.39 is 30.2 Å². The number of carboxylic acid groups (broad SMARTS) is 1. The van der Waals surface area contributed by atoms with Crippen molar-refractivity contribution in [1.29, 1.82) is 0 Å². The average molecular weight is 307 g/mol. The summed E-state index contributed by atoms with van der Waals surface area (Å²) in [7, 11) is 0. The zero-order valence-corrected chi connectivity index (χ0v) is 11.0. The van der Waals surface area contributed by atoms with E-state index in [1.54, 1.807) is 6.92 Å². The van der Waals surface area contributed by atoms with E-state index in [4.69, 9.17) is 21.4 Å². The molecule has 0 saturated heterocycles. The first-order chi connectivity index (χ1) is 9.26. The van der Waals surface area contributed by atoms with Crippen molar-refractivity contribution in [3.63, 3.8) is 0 Å². The summed E-state index contributed by atoms with van der Waals surface area (Å²) < 4.78 is 44.6.